The van der Waals surface area contributed by atoms with E-state index < -0.39 is 0 Å². The minimum Gasteiger partial charge on any atom is -0.309 e. The van der Waals surface area contributed by atoms with Crippen LogP contribution in [0.3, 0.4) is 0 Å². The molecule has 274 valence electrons. The molecule has 0 fully saturated rings. The van der Waals surface area contributed by atoms with E-state index in [4.69, 9.17) is 0 Å². The molecule has 0 N–H and O–H groups in total. The van der Waals surface area contributed by atoms with Crippen molar-refractivity contribution in [2.45, 2.75) is 19.3 Å². The Labute approximate surface area is 335 Å². The number of anilines is 3. The topological polar surface area (TPSA) is 38.9 Å². The number of hydrogen-bond acceptors (Lipinski definition) is 3. The zero-order chi connectivity index (χ0) is 38.5. The molecule has 11 aromatic rings. The average molecular weight is 744 g/mol. The van der Waals surface area contributed by atoms with Crippen LogP contribution in [0.15, 0.2) is 189 Å². The number of fused-ring (bicyclic) bond motifs is 9. The van der Waals surface area contributed by atoms with Gasteiger partial charge in [0.15, 0.2) is 0 Å². The Morgan fingerprint density at radius 1 is 0.397 bits per heavy atom. The molecule has 0 spiro atoms. The Balaban J connectivity index is 1.19. The summed E-state index contributed by atoms with van der Waals surface area (Å²) in [5, 5.41) is 7.20. The molecule has 58 heavy (non-hydrogen) atoms. The van der Waals surface area contributed by atoms with Gasteiger partial charge >= 0.3 is 0 Å². The van der Waals surface area contributed by atoms with Crippen LogP contribution < -0.4 is 4.90 Å². The van der Waals surface area contributed by atoms with E-state index in [0.717, 1.165) is 50.5 Å². The SMILES string of the molecule is CC1(C)c2ccc(-n3c4ccccc4c4ccncc43)cc2N(c2cc(-c3ccccc3)cc3ccccc23)c2cc(-n3c4ccccc4c4ccncc43)ccc21. The van der Waals surface area contributed by atoms with Crippen molar-refractivity contribution >= 4 is 71.4 Å². The number of pyridine rings is 2. The molecular formula is C53H37N5. The van der Waals surface area contributed by atoms with Gasteiger partial charge in [-0.25, -0.2) is 0 Å². The van der Waals surface area contributed by atoms with E-state index in [0.29, 0.717) is 0 Å². The maximum atomic E-state index is 4.61. The standard InChI is InChI=1S/C53H37N5/c1-53(2)44-22-20-37(56-46-18-10-8-16-40(46)42-24-26-54-32-51(42)56)30-49(44)58(48-29-36(34-12-4-3-5-13-34)28-35-14-6-7-15-39(35)48)50-31-38(21-23-45(50)53)57-47-19-11-9-17-41(47)43-25-27-55-33-52(43)57/h3-33H,1-2H3. The summed E-state index contributed by atoms with van der Waals surface area (Å²) in [6.45, 7) is 4.74. The van der Waals surface area contributed by atoms with E-state index in [1.54, 1.807) is 0 Å². The molecule has 0 aliphatic carbocycles. The van der Waals surface area contributed by atoms with Gasteiger partial charge < -0.3 is 14.0 Å². The molecule has 4 aromatic heterocycles. The molecule has 5 nitrogen and oxygen atoms in total. The van der Waals surface area contributed by atoms with E-state index in [-0.39, 0.29) is 5.41 Å². The van der Waals surface area contributed by atoms with Crippen LogP contribution in [0.25, 0.3) is 76.9 Å². The number of hydrogen-bond donors (Lipinski definition) is 0. The molecule has 1 aliphatic rings. The fourth-order valence-corrected chi connectivity index (χ4v) is 9.75. The molecule has 12 rings (SSSR count). The summed E-state index contributed by atoms with van der Waals surface area (Å²) in [7, 11) is 0. The summed E-state index contributed by atoms with van der Waals surface area (Å²) in [5.74, 6) is 0. The van der Waals surface area contributed by atoms with Crippen molar-refractivity contribution in [2.24, 2.45) is 0 Å². The molecule has 7 aromatic carbocycles. The number of para-hydroxylation sites is 2. The zero-order valence-electron chi connectivity index (χ0n) is 32.1. The van der Waals surface area contributed by atoms with Crippen LogP contribution in [-0.2, 0) is 5.41 Å². The first-order chi connectivity index (χ1) is 28.5. The number of nitrogens with zero attached hydrogens (tertiary/aromatic N) is 5. The van der Waals surface area contributed by atoms with Crippen molar-refractivity contribution in [1.29, 1.82) is 0 Å². The first kappa shape index (κ1) is 32.7. The van der Waals surface area contributed by atoms with Crippen LogP contribution in [0.4, 0.5) is 17.1 Å². The van der Waals surface area contributed by atoms with Gasteiger partial charge in [0.2, 0.25) is 0 Å². The van der Waals surface area contributed by atoms with Crippen LogP contribution in [0.2, 0.25) is 0 Å². The zero-order valence-corrected chi connectivity index (χ0v) is 32.1. The van der Waals surface area contributed by atoms with Crippen LogP contribution in [0.5, 0.6) is 0 Å². The maximum absolute atomic E-state index is 4.61. The highest BCUT2D eigenvalue weighted by Gasteiger charge is 2.38. The second-order valence-electron chi connectivity index (χ2n) is 15.9. The lowest BCUT2D eigenvalue weighted by molar-refractivity contribution is 0.631. The predicted molar refractivity (Wildman–Crippen MR) is 240 cm³/mol. The van der Waals surface area contributed by atoms with Crippen molar-refractivity contribution < 1.29 is 0 Å². The van der Waals surface area contributed by atoms with Crippen LogP contribution >= 0.6 is 0 Å². The van der Waals surface area contributed by atoms with E-state index in [9.17, 15) is 0 Å². The number of rotatable bonds is 4. The monoisotopic (exact) mass is 743 g/mol. The maximum Gasteiger partial charge on any atom is 0.0724 e. The fourth-order valence-electron chi connectivity index (χ4n) is 9.75. The minimum atomic E-state index is -0.310. The van der Waals surface area contributed by atoms with Crippen LogP contribution in [0, 0.1) is 0 Å². The molecule has 1 aliphatic heterocycles. The first-order valence-electron chi connectivity index (χ1n) is 19.9. The lowest BCUT2D eigenvalue weighted by Gasteiger charge is -2.43. The molecule has 0 bridgehead atoms. The molecule has 0 radical (unpaired) electrons. The normalized spacial score (nSPS) is 13.4. The van der Waals surface area contributed by atoms with E-state index in [2.05, 4.69) is 202 Å². The Bertz CT molecular complexity index is 3170. The molecule has 5 heterocycles. The smallest absolute Gasteiger partial charge is 0.0724 e. The quantitative estimate of drug-likeness (QED) is 0.180. The van der Waals surface area contributed by atoms with Crippen molar-refractivity contribution in [3.63, 3.8) is 0 Å². The number of aromatic nitrogens is 4. The second-order valence-corrected chi connectivity index (χ2v) is 15.9. The highest BCUT2D eigenvalue weighted by molar-refractivity contribution is 6.11. The summed E-state index contributed by atoms with van der Waals surface area (Å²) in [6, 6.07) is 60.0. The van der Waals surface area contributed by atoms with Gasteiger partial charge in [-0.3, -0.25) is 9.97 Å². The predicted octanol–water partition coefficient (Wildman–Crippen LogP) is 13.6. The Morgan fingerprint density at radius 3 is 1.48 bits per heavy atom. The third kappa shape index (κ3) is 4.64. The summed E-state index contributed by atoms with van der Waals surface area (Å²) in [5.41, 5.74) is 14.7. The molecular weight excluding hydrogens is 707 g/mol. The van der Waals surface area contributed by atoms with E-state index >= 15 is 0 Å². The summed E-state index contributed by atoms with van der Waals surface area (Å²) < 4.78 is 4.75. The molecule has 0 amide bonds. The highest BCUT2D eigenvalue weighted by atomic mass is 15.2. The Hall–Kier alpha value is -7.50. The third-order valence-electron chi connectivity index (χ3n) is 12.4. The second kappa shape index (κ2) is 12.2. The summed E-state index contributed by atoms with van der Waals surface area (Å²) in [4.78, 5) is 11.8. The molecule has 0 unspecified atom stereocenters. The van der Waals surface area contributed by atoms with Gasteiger partial charge in [-0.2, -0.15) is 0 Å². The van der Waals surface area contributed by atoms with Crippen LogP contribution in [0.1, 0.15) is 25.0 Å². The van der Waals surface area contributed by atoms with Crippen molar-refractivity contribution in [2.75, 3.05) is 4.90 Å². The van der Waals surface area contributed by atoms with Crippen molar-refractivity contribution in [3.05, 3.63) is 200 Å². The highest BCUT2D eigenvalue weighted by Crippen LogP contribution is 2.55. The van der Waals surface area contributed by atoms with Gasteiger partial charge in [0.1, 0.15) is 0 Å². The fraction of sp³-hybridized carbons (Fsp3) is 0.0566. The first-order valence-corrected chi connectivity index (χ1v) is 19.9. The van der Waals surface area contributed by atoms with Gasteiger partial charge in [0, 0.05) is 56.1 Å². The molecule has 5 heteroatoms. The van der Waals surface area contributed by atoms with Gasteiger partial charge in [0.05, 0.1) is 51.5 Å². The minimum absolute atomic E-state index is 0.310. The summed E-state index contributed by atoms with van der Waals surface area (Å²) >= 11 is 0. The van der Waals surface area contributed by atoms with Crippen LogP contribution in [-0.4, -0.2) is 19.1 Å². The average Bonchev–Trinajstić information content (AvgIpc) is 3.79. The van der Waals surface area contributed by atoms with Crippen molar-refractivity contribution in [1.82, 2.24) is 19.1 Å². The molecule has 0 saturated heterocycles. The Kier molecular flexibility index (Phi) is 6.91. The van der Waals surface area contributed by atoms with Gasteiger partial charge in [-0.15, -0.1) is 0 Å². The van der Waals surface area contributed by atoms with Gasteiger partial charge in [0.25, 0.3) is 0 Å². The van der Waals surface area contributed by atoms with E-state index in [1.165, 1.54) is 54.6 Å². The van der Waals surface area contributed by atoms with Gasteiger partial charge in [-0.05, 0) is 88.3 Å². The van der Waals surface area contributed by atoms with E-state index in [1.807, 2.05) is 24.8 Å². The largest absolute Gasteiger partial charge is 0.309 e. The van der Waals surface area contributed by atoms with Gasteiger partial charge in [-0.1, -0.05) is 117 Å². The lowest BCUT2D eigenvalue weighted by atomic mass is 9.73. The Morgan fingerprint density at radius 2 is 0.897 bits per heavy atom. The third-order valence-corrected chi connectivity index (χ3v) is 12.4. The number of benzene rings is 7. The molecule has 0 saturated carbocycles. The molecule has 0 atom stereocenters. The van der Waals surface area contributed by atoms with Crippen molar-refractivity contribution in [3.8, 4) is 22.5 Å². The summed E-state index contributed by atoms with van der Waals surface area (Å²) in [6.07, 6.45) is 7.77. The lowest BCUT2D eigenvalue weighted by Crippen LogP contribution is -2.31.